The molecule has 1 aliphatic rings. The lowest BCUT2D eigenvalue weighted by atomic mass is 9.95. The van der Waals surface area contributed by atoms with Crippen LogP contribution in [0.25, 0.3) is 22.1 Å². The van der Waals surface area contributed by atoms with Gasteiger partial charge >= 0.3 is 0 Å². The summed E-state index contributed by atoms with van der Waals surface area (Å²) in [5, 5.41) is 2.59. The highest BCUT2D eigenvalue weighted by atomic mass is 19.2. The molecule has 0 bridgehead atoms. The zero-order chi connectivity index (χ0) is 20.2. The van der Waals surface area contributed by atoms with Gasteiger partial charge in [0.2, 0.25) is 0 Å². The number of nitrogens with zero attached hydrogens (tertiary/aromatic N) is 2. The predicted molar refractivity (Wildman–Crippen MR) is 87.2 cm³/mol. The van der Waals surface area contributed by atoms with Crippen molar-refractivity contribution in [2.45, 2.75) is 38.1 Å². The Morgan fingerprint density at radius 3 is 1.46 bits per heavy atom. The number of hydrogen-bond acceptors (Lipinski definition) is 3. The first kappa shape index (κ1) is 18.7. The molecule has 0 aliphatic heterocycles. The van der Waals surface area contributed by atoms with E-state index >= 15 is 0 Å². The van der Waals surface area contributed by atoms with E-state index in [1.54, 1.807) is 0 Å². The van der Waals surface area contributed by atoms with Crippen molar-refractivity contribution in [2.24, 2.45) is 0 Å². The Bertz CT molecular complexity index is 1110. The maximum absolute atomic E-state index is 14.8. The van der Waals surface area contributed by atoms with E-state index in [0.29, 0.717) is 12.8 Å². The summed E-state index contributed by atoms with van der Waals surface area (Å²) in [5.74, 6) is -12.8. The van der Waals surface area contributed by atoms with Gasteiger partial charge in [-0.25, -0.2) is 40.7 Å². The molecule has 1 aromatic heterocycles. The fourth-order valence-electron chi connectivity index (χ4n) is 3.45. The van der Waals surface area contributed by atoms with Gasteiger partial charge in [0.25, 0.3) is 0 Å². The predicted octanol–water partition coefficient (Wildman–Crippen LogP) is 5.50. The molecule has 1 aliphatic carbocycles. The lowest BCUT2D eigenvalue weighted by Crippen LogP contribution is -2.24. The van der Waals surface area contributed by atoms with Gasteiger partial charge in [-0.15, -0.1) is 0 Å². The van der Waals surface area contributed by atoms with Crippen molar-refractivity contribution in [1.82, 2.24) is 9.97 Å². The molecule has 2 aromatic carbocycles. The van der Waals surface area contributed by atoms with Crippen molar-refractivity contribution in [3.63, 3.8) is 0 Å². The van der Waals surface area contributed by atoms with Crippen molar-refractivity contribution in [3.8, 4) is 0 Å². The summed E-state index contributed by atoms with van der Waals surface area (Å²) in [6, 6.07) is -0.302. The van der Waals surface area contributed by atoms with Crippen molar-refractivity contribution in [1.29, 1.82) is 0 Å². The fourth-order valence-corrected chi connectivity index (χ4v) is 3.45. The molecular weight excluding hydrogens is 391 g/mol. The third kappa shape index (κ3) is 2.73. The summed E-state index contributed by atoms with van der Waals surface area (Å²) in [5.41, 5.74) is -5.09. The lowest BCUT2D eigenvalue weighted by molar-refractivity contribution is 0.416. The van der Waals surface area contributed by atoms with Gasteiger partial charge < -0.3 is 5.32 Å². The summed E-state index contributed by atoms with van der Waals surface area (Å²) in [7, 11) is 0. The lowest BCUT2D eigenvalue weighted by Gasteiger charge is -2.24. The number of hydrogen-bond donors (Lipinski definition) is 1. The monoisotopic (exact) mass is 403 g/mol. The molecule has 0 radical (unpaired) electrons. The fraction of sp³-hybridized carbons (Fsp3) is 0.333. The third-order valence-electron chi connectivity index (χ3n) is 4.89. The third-order valence-corrected chi connectivity index (χ3v) is 4.89. The number of aromatic nitrogens is 2. The second-order valence-corrected chi connectivity index (χ2v) is 6.67. The molecule has 1 saturated carbocycles. The Kier molecular flexibility index (Phi) is 4.51. The molecule has 0 atom stereocenters. The highest BCUT2D eigenvalue weighted by Crippen LogP contribution is 2.34. The molecule has 3 nitrogen and oxygen atoms in total. The van der Waals surface area contributed by atoms with Gasteiger partial charge in [0, 0.05) is 6.04 Å². The van der Waals surface area contributed by atoms with Crippen LogP contribution < -0.4 is 5.32 Å². The van der Waals surface area contributed by atoms with E-state index in [4.69, 9.17) is 0 Å². The highest BCUT2D eigenvalue weighted by Gasteiger charge is 2.28. The zero-order valence-electron chi connectivity index (χ0n) is 14.2. The molecule has 148 valence electrons. The second-order valence-electron chi connectivity index (χ2n) is 6.67. The summed E-state index contributed by atoms with van der Waals surface area (Å²) in [4.78, 5) is 6.67. The number of benzene rings is 2. The van der Waals surface area contributed by atoms with Gasteiger partial charge in [-0.3, -0.25) is 0 Å². The average molecular weight is 403 g/mol. The molecule has 0 amide bonds. The van der Waals surface area contributed by atoms with Crippen LogP contribution in [-0.2, 0) is 0 Å². The molecule has 1 N–H and O–H groups in total. The van der Waals surface area contributed by atoms with E-state index in [9.17, 15) is 30.7 Å². The van der Waals surface area contributed by atoms with Crippen molar-refractivity contribution in [2.75, 3.05) is 5.32 Å². The maximum atomic E-state index is 14.8. The Labute approximate surface area is 153 Å². The molecule has 0 unspecified atom stereocenters. The molecule has 10 heteroatoms. The van der Waals surface area contributed by atoms with E-state index < -0.39 is 68.5 Å². The summed E-state index contributed by atoms with van der Waals surface area (Å²) in [6.07, 6.45) is 3.87. The van der Waals surface area contributed by atoms with E-state index in [1.807, 2.05) is 0 Å². The largest absolute Gasteiger partial charge is 0.377 e. The maximum Gasteiger partial charge on any atom is 0.199 e. The summed E-state index contributed by atoms with van der Waals surface area (Å²) in [6.45, 7) is 0. The molecule has 0 saturated heterocycles. The van der Waals surface area contributed by atoms with Gasteiger partial charge in [-0.2, -0.15) is 0 Å². The molecule has 1 fully saturated rings. The number of fused-ring (bicyclic) bond motifs is 2. The molecule has 3 aromatic rings. The van der Waals surface area contributed by atoms with Gasteiger partial charge in [-0.05, 0) is 12.8 Å². The van der Waals surface area contributed by atoms with Crippen LogP contribution in [0.5, 0.6) is 0 Å². The summed E-state index contributed by atoms with van der Waals surface area (Å²) >= 11 is 0. The minimum Gasteiger partial charge on any atom is -0.377 e. The molecule has 0 spiro atoms. The molecule has 4 rings (SSSR count). The Morgan fingerprint density at radius 2 is 0.964 bits per heavy atom. The molecule has 28 heavy (non-hydrogen) atoms. The quantitative estimate of drug-likeness (QED) is 0.266. The number of nitrogens with one attached hydrogen (secondary N) is 1. The summed E-state index contributed by atoms with van der Waals surface area (Å²) < 4.78 is 98.4. The Hall–Kier alpha value is -2.65. The van der Waals surface area contributed by atoms with Crippen LogP contribution in [-0.4, -0.2) is 16.0 Å². The first-order chi connectivity index (χ1) is 13.3. The number of halogens is 7. The first-order valence-corrected chi connectivity index (χ1v) is 8.57. The van der Waals surface area contributed by atoms with Crippen LogP contribution in [0.2, 0.25) is 0 Å². The van der Waals surface area contributed by atoms with E-state index in [0.717, 1.165) is 19.3 Å². The van der Waals surface area contributed by atoms with Gasteiger partial charge in [0.15, 0.2) is 40.7 Å². The van der Waals surface area contributed by atoms with E-state index in [2.05, 4.69) is 15.3 Å². The average Bonchev–Trinajstić information content (AvgIpc) is 2.72. The van der Waals surface area contributed by atoms with Crippen molar-refractivity contribution in [3.05, 3.63) is 40.7 Å². The van der Waals surface area contributed by atoms with Crippen LogP contribution in [0.3, 0.4) is 0 Å². The van der Waals surface area contributed by atoms with Crippen LogP contribution >= 0.6 is 0 Å². The van der Waals surface area contributed by atoms with Crippen molar-refractivity contribution >= 4 is 27.8 Å². The van der Waals surface area contributed by atoms with Crippen LogP contribution in [0.1, 0.15) is 32.1 Å². The zero-order valence-corrected chi connectivity index (χ0v) is 14.2. The van der Waals surface area contributed by atoms with Crippen LogP contribution in [0, 0.1) is 40.7 Å². The highest BCUT2D eigenvalue weighted by molar-refractivity contribution is 5.89. The number of rotatable bonds is 2. The minimum absolute atomic E-state index is 0.302. The van der Waals surface area contributed by atoms with E-state index in [-0.39, 0.29) is 6.04 Å². The normalized spacial score (nSPS) is 15.5. The SMILES string of the molecule is Fc1c(F)c(F)c2nc3c(F)c(NC4CCCCC4)c(F)c(F)c3nc2c1F. The van der Waals surface area contributed by atoms with Crippen LogP contribution in [0.4, 0.5) is 36.4 Å². The Balaban J connectivity index is 1.98. The minimum atomic E-state index is -2.18. The van der Waals surface area contributed by atoms with E-state index in [1.165, 1.54) is 0 Å². The molecular formula is C18H12F7N3. The van der Waals surface area contributed by atoms with Crippen LogP contribution in [0.15, 0.2) is 0 Å². The van der Waals surface area contributed by atoms with Crippen molar-refractivity contribution < 1.29 is 30.7 Å². The topological polar surface area (TPSA) is 37.8 Å². The number of anilines is 1. The molecule has 1 heterocycles. The van der Waals surface area contributed by atoms with Gasteiger partial charge in [0.05, 0.1) is 0 Å². The van der Waals surface area contributed by atoms with Gasteiger partial charge in [0.1, 0.15) is 27.8 Å². The standard InChI is InChI=1S/C18H12F7N3/c19-7-8(20)10(22)16-15(9(7)21)27-17-12(24)11(23)14(13(25)18(17)28-16)26-6-4-2-1-3-5-6/h6,26H,1-5H2. The second kappa shape index (κ2) is 6.75. The smallest absolute Gasteiger partial charge is 0.199 e. The first-order valence-electron chi connectivity index (χ1n) is 8.57. The Morgan fingerprint density at radius 1 is 0.536 bits per heavy atom. The van der Waals surface area contributed by atoms with Gasteiger partial charge in [-0.1, -0.05) is 19.3 Å².